The smallest absolute Gasteiger partial charge is 0.258 e. The molecule has 0 fully saturated rings. The molecule has 4 nitrogen and oxygen atoms in total. The first-order chi connectivity index (χ1) is 6.43. The lowest BCUT2D eigenvalue weighted by molar-refractivity contribution is -0.389. The summed E-state index contributed by atoms with van der Waals surface area (Å²) in [6, 6.07) is 0.797. The predicted molar refractivity (Wildman–Crippen MR) is 40.5 cm³/mol. The second kappa shape index (κ2) is 3.60. The molecule has 0 unspecified atom stereocenters. The maximum absolute atomic E-state index is 12.8. The minimum atomic E-state index is -3.09. The Morgan fingerprint density at radius 3 is 2.57 bits per heavy atom. The van der Waals surface area contributed by atoms with Crippen LogP contribution in [0.15, 0.2) is 6.07 Å². The first-order valence-corrected chi connectivity index (χ1v) is 3.53. The predicted octanol–water partition coefficient (Wildman–Crippen LogP) is 2.37. The Morgan fingerprint density at radius 1 is 1.57 bits per heavy atom. The third kappa shape index (κ3) is 1.81. The zero-order valence-electron chi connectivity index (χ0n) is 7.00. The van der Waals surface area contributed by atoms with Crippen LogP contribution in [0, 0.1) is 23.0 Å². The molecule has 1 aromatic heterocycles. The molecule has 0 saturated carbocycles. The highest BCUT2D eigenvalue weighted by molar-refractivity contribution is 5.40. The lowest BCUT2D eigenvalue weighted by Crippen LogP contribution is -2.03. The Labute approximate surface area is 76.5 Å². The Bertz CT molecular complexity index is 381. The molecule has 0 amide bonds. The van der Waals surface area contributed by atoms with Crippen molar-refractivity contribution in [3.63, 3.8) is 0 Å². The zero-order chi connectivity index (χ0) is 10.9. The summed E-state index contributed by atoms with van der Waals surface area (Å²) in [7, 11) is 0. The van der Waals surface area contributed by atoms with E-state index in [1.807, 2.05) is 0 Å². The third-order valence-corrected chi connectivity index (χ3v) is 1.53. The van der Waals surface area contributed by atoms with E-state index in [1.165, 1.54) is 6.92 Å². The van der Waals surface area contributed by atoms with Crippen molar-refractivity contribution in [2.75, 3.05) is 0 Å². The minimum Gasteiger partial charge on any atom is -0.258 e. The van der Waals surface area contributed by atoms with Crippen LogP contribution in [0.2, 0.25) is 0 Å². The molecule has 0 aromatic carbocycles. The lowest BCUT2D eigenvalue weighted by atomic mass is 10.2. The Balaban J connectivity index is 3.44. The van der Waals surface area contributed by atoms with Gasteiger partial charge in [-0.3, -0.25) is 10.1 Å². The quantitative estimate of drug-likeness (QED) is 0.424. The van der Waals surface area contributed by atoms with Gasteiger partial charge in [-0.25, -0.2) is 13.8 Å². The second-order valence-electron chi connectivity index (χ2n) is 2.55. The highest BCUT2D eigenvalue weighted by Crippen LogP contribution is 2.30. The minimum absolute atomic E-state index is 0.0246. The fraction of sp³-hybridized carbons (Fsp3) is 0.286. The molecule has 0 aliphatic rings. The molecule has 1 aromatic rings. The van der Waals surface area contributed by atoms with E-state index in [2.05, 4.69) is 4.98 Å². The number of halogens is 3. The maximum atomic E-state index is 12.8. The summed E-state index contributed by atoms with van der Waals surface area (Å²) >= 11 is 0. The highest BCUT2D eigenvalue weighted by Gasteiger charge is 2.27. The van der Waals surface area contributed by atoms with Crippen molar-refractivity contribution in [2.45, 2.75) is 13.3 Å². The van der Waals surface area contributed by atoms with Crippen molar-refractivity contribution in [3.05, 3.63) is 33.4 Å². The van der Waals surface area contributed by atoms with Gasteiger partial charge in [-0.05, 0) is 13.0 Å². The summed E-state index contributed by atoms with van der Waals surface area (Å²) < 4.78 is 37.3. The fourth-order valence-electron chi connectivity index (χ4n) is 1.000. The Kier molecular flexibility index (Phi) is 2.68. The van der Waals surface area contributed by atoms with Gasteiger partial charge in [0.05, 0.1) is 4.92 Å². The summed E-state index contributed by atoms with van der Waals surface area (Å²) in [4.78, 5) is 12.1. The van der Waals surface area contributed by atoms with E-state index in [-0.39, 0.29) is 5.69 Å². The largest absolute Gasteiger partial charge is 0.332 e. The number of nitro groups is 1. The number of hydrogen-bond donors (Lipinski definition) is 0. The normalized spacial score (nSPS) is 10.6. The SMILES string of the molecule is Cc1cc(C(F)F)c([N+](=O)[O-])c(F)n1. The van der Waals surface area contributed by atoms with Crippen molar-refractivity contribution < 1.29 is 18.1 Å². The van der Waals surface area contributed by atoms with Gasteiger partial charge in [0, 0.05) is 5.69 Å². The van der Waals surface area contributed by atoms with Crippen molar-refractivity contribution in [3.8, 4) is 0 Å². The van der Waals surface area contributed by atoms with Gasteiger partial charge in [-0.1, -0.05) is 0 Å². The molecule has 0 bridgehead atoms. The van der Waals surface area contributed by atoms with Crippen LogP contribution in [0.4, 0.5) is 18.9 Å². The van der Waals surface area contributed by atoms with Crippen molar-refractivity contribution in [1.29, 1.82) is 0 Å². The number of aromatic nitrogens is 1. The van der Waals surface area contributed by atoms with Crippen LogP contribution in [0.5, 0.6) is 0 Å². The Hall–Kier alpha value is -1.66. The van der Waals surface area contributed by atoms with Gasteiger partial charge in [-0.15, -0.1) is 0 Å². The first kappa shape index (κ1) is 10.4. The maximum Gasteiger partial charge on any atom is 0.332 e. The molecular formula is C7H5F3N2O2. The van der Waals surface area contributed by atoms with E-state index in [9.17, 15) is 23.3 Å². The van der Waals surface area contributed by atoms with Crippen LogP contribution in [0.1, 0.15) is 17.7 Å². The van der Waals surface area contributed by atoms with Crippen LogP contribution < -0.4 is 0 Å². The summed E-state index contributed by atoms with van der Waals surface area (Å²) in [5.74, 6) is -1.48. The van der Waals surface area contributed by atoms with Crippen LogP contribution in [0.3, 0.4) is 0 Å². The summed E-state index contributed by atoms with van der Waals surface area (Å²) in [6.07, 6.45) is -3.09. The molecule has 0 aliphatic carbocycles. The van der Waals surface area contributed by atoms with E-state index >= 15 is 0 Å². The van der Waals surface area contributed by atoms with Crippen molar-refractivity contribution in [1.82, 2.24) is 4.98 Å². The van der Waals surface area contributed by atoms with Crippen molar-refractivity contribution >= 4 is 5.69 Å². The second-order valence-corrected chi connectivity index (χ2v) is 2.55. The van der Waals surface area contributed by atoms with Gasteiger partial charge >= 0.3 is 5.69 Å². The summed E-state index contributed by atoms with van der Waals surface area (Å²) in [6.45, 7) is 1.28. The molecule has 1 rings (SSSR count). The molecule has 0 atom stereocenters. The number of pyridine rings is 1. The van der Waals surface area contributed by atoms with Gasteiger partial charge in [0.15, 0.2) is 0 Å². The molecule has 14 heavy (non-hydrogen) atoms. The average molecular weight is 206 g/mol. The molecule has 76 valence electrons. The monoisotopic (exact) mass is 206 g/mol. The molecular weight excluding hydrogens is 201 g/mol. The van der Waals surface area contributed by atoms with Crippen LogP contribution >= 0.6 is 0 Å². The van der Waals surface area contributed by atoms with Gasteiger partial charge in [0.1, 0.15) is 5.56 Å². The van der Waals surface area contributed by atoms with E-state index < -0.39 is 28.5 Å². The Morgan fingerprint density at radius 2 is 2.14 bits per heavy atom. The molecule has 0 saturated heterocycles. The number of rotatable bonds is 2. The summed E-state index contributed by atoms with van der Waals surface area (Å²) in [5, 5.41) is 10.3. The molecule has 0 N–H and O–H groups in total. The number of nitrogens with zero attached hydrogens (tertiary/aromatic N) is 2. The third-order valence-electron chi connectivity index (χ3n) is 1.53. The molecule has 1 heterocycles. The number of aryl methyl sites for hydroxylation is 1. The fourth-order valence-corrected chi connectivity index (χ4v) is 1.000. The summed E-state index contributed by atoms with van der Waals surface area (Å²) in [5.41, 5.74) is -2.23. The average Bonchev–Trinajstić information content (AvgIpc) is 2.01. The number of alkyl halides is 2. The first-order valence-electron chi connectivity index (χ1n) is 3.53. The van der Waals surface area contributed by atoms with Crippen LogP contribution in [0.25, 0.3) is 0 Å². The van der Waals surface area contributed by atoms with Gasteiger partial charge in [0.2, 0.25) is 0 Å². The topological polar surface area (TPSA) is 56.0 Å². The van der Waals surface area contributed by atoms with E-state index in [1.54, 1.807) is 0 Å². The van der Waals surface area contributed by atoms with Crippen molar-refractivity contribution in [2.24, 2.45) is 0 Å². The standard InChI is InChI=1S/C7H5F3N2O2/c1-3-2-4(6(8)9)5(12(13)14)7(10)11-3/h2,6H,1H3. The van der Waals surface area contributed by atoms with E-state index in [0.29, 0.717) is 0 Å². The van der Waals surface area contributed by atoms with Gasteiger partial charge in [-0.2, -0.15) is 4.39 Å². The molecule has 7 heteroatoms. The molecule has 0 radical (unpaired) electrons. The van der Waals surface area contributed by atoms with E-state index in [0.717, 1.165) is 6.07 Å². The van der Waals surface area contributed by atoms with E-state index in [4.69, 9.17) is 0 Å². The van der Waals surface area contributed by atoms with Crippen LogP contribution in [-0.2, 0) is 0 Å². The molecule has 0 spiro atoms. The van der Waals surface area contributed by atoms with Crippen LogP contribution in [-0.4, -0.2) is 9.91 Å². The zero-order valence-corrected chi connectivity index (χ0v) is 7.00. The molecule has 0 aliphatic heterocycles. The van der Waals surface area contributed by atoms with Gasteiger partial charge < -0.3 is 0 Å². The number of hydrogen-bond acceptors (Lipinski definition) is 3. The lowest BCUT2D eigenvalue weighted by Gasteiger charge is -2.02. The highest BCUT2D eigenvalue weighted by atomic mass is 19.3. The van der Waals surface area contributed by atoms with Gasteiger partial charge in [0.25, 0.3) is 12.4 Å².